The molecule has 7 heteroatoms. The van der Waals surface area contributed by atoms with E-state index in [0.29, 0.717) is 5.56 Å². The number of anilines is 1. The normalized spacial score (nSPS) is 11.1. The van der Waals surface area contributed by atoms with Crippen LogP contribution in [0.15, 0.2) is 42.5 Å². The molecule has 1 N–H and O–H groups in total. The lowest BCUT2D eigenvalue weighted by Crippen LogP contribution is -2.12. The van der Waals surface area contributed by atoms with Gasteiger partial charge in [0, 0.05) is 23.2 Å². The first-order chi connectivity index (χ1) is 13.6. The average molecular weight is 392 g/mol. The zero-order chi connectivity index (χ0) is 19.7. The van der Waals surface area contributed by atoms with Gasteiger partial charge in [0.1, 0.15) is 5.01 Å². The monoisotopic (exact) mass is 391 g/mol. The van der Waals surface area contributed by atoms with Crippen LogP contribution in [0, 0.1) is 6.92 Å². The molecule has 0 aliphatic carbocycles. The highest BCUT2D eigenvalue weighted by molar-refractivity contribution is 7.19. The smallest absolute Gasteiger partial charge is 0.255 e. The SMILES string of the molecule is CCc1ccc(C(=O)Nc2cc(-c3nn4c(CC)nnc4s3)ccc2C)cc1. The molecule has 0 saturated carbocycles. The molecule has 2 aromatic carbocycles. The summed E-state index contributed by atoms with van der Waals surface area (Å²) in [4.78, 5) is 13.4. The second-order valence-corrected chi connectivity index (χ2v) is 7.56. The zero-order valence-corrected chi connectivity index (χ0v) is 16.9. The number of amides is 1. The van der Waals surface area contributed by atoms with E-state index in [1.807, 2.05) is 56.3 Å². The highest BCUT2D eigenvalue weighted by atomic mass is 32.1. The predicted molar refractivity (Wildman–Crippen MR) is 112 cm³/mol. The summed E-state index contributed by atoms with van der Waals surface area (Å²) < 4.78 is 1.79. The predicted octanol–water partition coefficient (Wildman–Crippen LogP) is 4.54. The van der Waals surface area contributed by atoms with Gasteiger partial charge in [0.05, 0.1) is 0 Å². The maximum absolute atomic E-state index is 12.7. The fourth-order valence-electron chi connectivity index (χ4n) is 2.97. The highest BCUT2D eigenvalue weighted by Gasteiger charge is 2.14. The third-order valence-electron chi connectivity index (χ3n) is 4.73. The van der Waals surface area contributed by atoms with Crippen molar-refractivity contribution >= 4 is 27.9 Å². The van der Waals surface area contributed by atoms with E-state index < -0.39 is 0 Å². The first kappa shape index (κ1) is 18.3. The number of aromatic nitrogens is 4. The van der Waals surface area contributed by atoms with Crippen molar-refractivity contribution in [1.82, 2.24) is 19.8 Å². The number of hydrogen-bond donors (Lipinski definition) is 1. The van der Waals surface area contributed by atoms with Gasteiger partial charge in [-0.3, -0.25) is 4.79 Å². The van der Waals surface area contributed by atoms with E-state index in [0.717, 1.165) is 45.4 Å². The molecule has 6 nitrogen and oxygen atoms in total. The lowest BCUT2D eigenvalue weighted by molar-refractivity contribution is 0.102. The quantitative estimate of drug-likeness (QED) is 0.542. The van der Waals surface area contributed by atoms with Gasteiger partial charge >= 0.3 is 0 Å². The Morgan fingerprint density at radius 3 is 2.57 bits per heavy atom. The molecule has 0 fully saturated rings. The molecular weight excluding hydrogens is 370 g/mol. The minimum atomic E-state index is -0.116. The number of fused-ring (bicyclic) bond motifs is 1. The van der Waals surface area contributed by atoms with Crippen LogP contribution in [0.3, 0.4) is 0 Å². The van der Waals surface area contributed by atoms with E-state index in [9.17, 15) is 4.79 Å². The minimum absolute atomic E-state index is 0.116. The number of benzene rings is 2. The molecular formula is C21H21N5OS. The summed E-state index contributed by atoms with van der Waals surface area (Å²) in [7, 11) is 0. The standard InChI is InChI=1S/C21H21N5OS/c1-4-14-7-10-15(11-8-14)19(27)22-17-12-16(9-6-13(17)3)20-25-26-18(5-2)23-24-21(26)28-20/h6-12H,4-5H2,1-3H3,(H,22,27). The number of hydrogen-bond acceptors (Lipinski definition) is 5. The van der Waals surface area contributed by atoms with Crippen LogP contribution in [0.4, 0.5) is 5.69 Å². The van der Waals surface area contributed by atoms with Gasteiger partial charge in [-0.05, 0) is 42.7 Å². The maximum atomic E-state index is 12.7. The van der Waals surface area contributed by atoms with Crippen molar-refractivity contribution in [3.8, 4) is 10.6 Å². The fourth-order valence-corrected chi connectivity index (χ4v) is 3.83. The van der Waals surface area contributed by atoms with Crippen LogP contribution in [0.5, 0.6) is 0 Å². The number of rotatable bonds is 5. The molecule has 4 aromatic rings. The first-order valence-corrected chi connectivity index (χ1v) is 10.1. The number of nitrogens with one attached hydrogen (secondary N) is 1. The molecule has 1 amide bonds. The summed E-state index contributed by atoms with van der Waals surface area (Å²) in [5.74, 6) is 0.725. The Kier molecular flexibility index (Phi) is 4.92. The number of aryl methyl sites for hydroxylation is 3. The van der Waals surface area contributed by atoms with Crippen LogP contribution in [-0.4, -0.2) is 25.7 Å². The largest absolute Gasteiger partial charge is 0.322 e. The van der Waals surface area contributed by atoms with E-state index in [4.69, 9.17) is 0 Å². The lowest BCUT2D eigenvalue weighted by atomic mass is 10.1. The Labute approximate surface area is 167 Å². The van der Waals surface area contributed by atoms with Crippen LogP contribution >= 0.6 is 11.3 Å². The van der Waals surface area contributed by atoms with Crippen LogP contribution in [0.25, 0.3) is 15.5 Å². The van der Waals surface area contributed by atoms with E-state index in [-0.39, 0.29) is 5.91 Å². The van der Waals surface area contributed by atoms with Crippen LogP contribution in [0.1, 0.15) is 41.2 Å². The van der Waals surface area contributed by atoms with Gasteiger partial charge in [-0.1, -0.05) is 49.4 Å². The Morgan fingerprint density at radius 1 is 1.07 bits per heavy atom. The Hall–Kier alpha value is -3.06. The van der Waals surface area contributed by atoms with E-state index in [2.05, 4.69) is 27.5 Å². The topological polar surface area (TPSA) is 72.2 Å². The van der Waals surface area contributed by atoms with Gasteiger partial charge in [-0.15, -0.1) is 10.2 Å². The summed E-state index contributed by atoms with van der Waals surface area (Å²) in [5, 5.41) is 16.8. The molecule has 2 aromatic heterocycles. The van der Waals surface area contributed by atoms with E-state index in [1.165, 1.54) is 16.9 Å². The molecule has 142 valence electrons. The molecule has 0 atom stereocenters. The van der Waals surface area contributed by atoms with E-state index in [1.54, 1.807) is 4.52 Å². The number of carbonyl (C=O) groups excluding carboxylic acids is 1. The van der Waals surface area contributed by atoms with E-state index >= 15 is 0 Å². The second-order valence-electron chi connectivity index (χ2n) is 6.61. The molecule has 2 heterocycles. The Bertz CT molecular complexity index is 1140. The maximum Gasteiger partial charge on any atom is 0.255 e. The molecule has 0 aliphatic rings. The summed E-state index contributed by atoms with van der Waals surface area (Å²) in [6, 6.07) is 13.7. The van der Waals surface area contributed by atoms with Gasteiger partial charge < -0.3 is 5.32 Å². The van der Waals surface area contributed by atoms with Crippen molar-refractivity contribution in [3.63, 3.8) is 0 Å². The summed E-state index contributed by atoms with van der Waals surface area (Å²) in [6.07, 6.45) is 1.73. The fraction of sp³-hybridized carbons (Fsp3) is 0.238. The van der Waals surface area contributed by atoms with Crippen molar-refractivity contribution in [2.24, 2.45) is 0 Å². The van der Waals surface area contributed by atoms with Crippen molar-refractivity contribution in [1.29, 1.82) is 0 Å². The lowest BCUT2D eigenvalue weighted by Gasteiger charge is -2.10. The average Bonchev–Trinajstić information content (AvgIpc) is 3.30. The van der Waals surface area contributed by atoms with Crippen molar-refractivity contribution in [2.75, 3.05) is 5.32 Å². The van der Waals surface area contributed by atoms with Crippen LogP contribution in [0.2, 0.25) is 0 Å². The van der Waals surface area contributed by atoms with Crippen LogP contribution < -0.4 is 5.32 Å². The molecule has 0 saturated heterocycles. The molecule has 0 bridgehead atoms. The number of nitrogens with zero attached hydrogens (tertiary/aromatic N) is 4. The second kappa shape index (κ2) is 7.52. The third-order valence-corrected chi connectivity index (χ3v) is 5.68. The van der Waals surface area contributed by atoms with Gasteiger partial charge in [0.2, 0.25) is 4.96 Å². The van der Waals surface area contributed by atoms with Crippen LogP contribution in [-0.2, 0) is 12.8 Å². The van der Waals surface area contributed by atoms with Gasteiger partial charge in [0.25, 0.3) is 5.91 Å². The molecule has 4 rings (SSSR count). The first-order valence-electron chi connectivity index (χ1n) is 9.31. The Balaban J connectivity index is 1.62. The summed E-state index contributed by atoms with van der Waals surface area (Å²) in [6.45, 7) is 6.11. The minimum Gasteiger partial charge on any atom is -0.322 e. The van der Waals surface area contributed by atoms with Gasteiger partial charge in [0.15, 0.2) is 5.82 Å². The van der Waals surface area contributed by atoms with Crippen molar-refractivity contribution in [3.05, 3.63) is 65.0 Å². The molecule has 0 aliphatic heterocycles. The number of carbonyl (C=O) groups is 1. The van der Waals surface area contributed by atoms with Crippen molar-refractivity contribution in [2.45, 2.75) is 33.6 Å². The molecule has 0 unspecified atom stereocenters. The third kappa shape index (κ3) is 3.41. The van der Waals surface area contributed by atoms with Gasteiger partial charge in [-0.2, -0.15) is 9.61 Å². The summed E-state index contributed by atoms with van der Waals surface area (Å²) in [5.41, 5.74) is 4.58. The van der Waals surface area contributed by atoms with Crippen molar-refractivity contribution < 1.29 is 4.79 Å². The Morgan fingerprint density at radius 2 is 1.86 bits per heavy atom. The highest BCUT2D eigenvalue weighted by Crippen LogP contribution is 2.29. The molecule has 0 radical (unpaired) electrons. The summed E-state index contributed by atoms with van der Waals surface area (Å²) >= 11 is 1.49. The molecule has 0 spiro atoms. The van der Waals surface area contributed by atoms with Gasteiger partial charge in [-0.25, -0.2) is 0 Å². The molecule has 28 heavy (non-hydrogen) atoms. The zero-order valence-electron chi connectivity index (χ0n) is 16.1.